The summed E-state index contributed by atoms with van der Waals surface area (Å²) in [6.07, 6.45) is 0. The molecule has 0 unspecified atom stereocenters. The van der Waals surface area contributed by atoms with Crippen molar-refractivity contribution in [2.75, 3.05) is 13.6 Å². The molecule has 5 heteroatoms. The number of fused-ring (bicyclic) bond motifs is 1. The fourth-order valence-electron chi connectivity index (χ4n) is 2.68. The van der Waals surface area contributed by atoms with Crippen LogP contribution in [0.3, 0.4) is 0 Å². The standard InChI is InChI=1S/C20H23N3OS/c1-14-8-4-5-9-16(14)12-21-19(24)13-23(3)15(2)20-22-17-10-6-7-11-18(17)25-20/h4-11,15H,12-13H2,1-3H3,(H,21,24)/t15-/m0/s1. The van der Waals surface area contributed by atoms with Crippen LogP contribution in [0.4, 0.5) is 0 Å². The first-order valence-corrected chi connectivity index (χ1v) is 9.23. The lowest BCUT2D eigenvalue weighted by atomic mass is 10.1. The number of nitrogens with zero attached hydrogens (tertiary/aromatic N) is 2. The minimum atomic E-state index is 0.0266. The molecule has 0 aliphatic carbocycles. The Kier molecular flexibility index (Phi) is 5.46. The van der Waals surface area contributed by atoms with Gasteiger partial charge in [-0.3, -0.25) is 9.69 Å². The largest absolute Gasteiger partial charge is 0.351 e. The van der Waals surface area contributed by atoms with Crippen LogP contribution in [0.5, 0.6) is 0 Å². The van der Waals surface area contributed by atoms with Crippen molar-refractivity contribution in [3.8, 4) is 0 Å². The van der Waals surface area contributed by atoms with E-state index >= 15 is 0 Å². The van der Waals surface area contributed by atoms with Crippen LogP contribution in [0, 0.1) is 6.92 Å². The molecule has 0 saturated carbocycles. The summed E-state index contributed by atoms with van der Waals surface area (Å²) in [6.45, 7) is 5.06. The topological polar surface area (TPSA) is 45.2 Å². The van der Waals surface area contributed by atoms with Gasteiger partial charge in [0.15, 0.2) is 0 Å². The van der Waals surface area contributed by atoms with Crippen LogP contribution in [0.25, 0.3) is 10.2 Å². The lowest BCUT2D eigenvalue weighted by Crippen LogP contribution is -2.36. The fourth-order valence-corrected chi connectivity index (χ4v) is 3.76. The fraction of sp³-hybridized carbons (Fsp3) is 0.300. The molecule has 0 spiro atoms. The van der Waals surface area contributed by atoms with E-state index < -0.39 is 0 Å². The zero-order valence-electron chi connectivity index (χ0n) is 14.8. The second-order valence-corrected chi connectivity index (χ2v) is 7.38. The van der Waals surface area contributed by atoms with Gasteiger partial charge in [0, 0.05) is 6.54 Å². The summed E-state index contributed by atoms with van der Waals surface area (Å²) >= 11 is 1.69. The van der Waals surface area contributed by atoms with Crippen LogP contribution in [0.15, 0.2) is 48.5 Å². The van der Waals surface area contributed by atoms with Crippen molar-refractivity contribution < 1.29 is 4.79 Å². The molecule has 0 aliphatic heterocycles. The number of aromatic nitrogens is 1. The molecule has 1 heterocycles. The van der Waals surface area contributed by atoms with Gasteiger partial charge in [0.1, 0.15) is 5.01 Å². The number of benzene rings is 2. The molecule has 1 amide bonds. The second-order valence-electron chi connectivity index (χ2n) is 6.31. The van der Waals surface area contributed by atoms with E-state index in [9.17, 15) is 4.79 Å². The molecule has 1 atom stereocenters. The minimum absolute atomic E-state index is 0.0266. The SMILES string of the molecule is Cc1ccccc1CNC(=O)CN(C)[C@@H](C)c1nc2ccccc2s1. The van der Waals surface area contributed by atoms with Crippen molar-refractivity contribution in [2.24, 2.45) is 0 Å². The monoisotopic (exact) mass is 353 g/mol. The molecule has 0 saturated heterocycles. The van der Waals surface area contributed by atoms with Gasteiger partial charge in [-0.05, 0) is 44.2 Å². The Morgan fingerprint density at radius 3 is 2.68 bits per heavy atom. The molecule has 3 rings (SSSR count). The number of carbonyl (C=O) groups excluding carboxylic acids is 1. The van der Waals surface area contributed by atoms with Crippen molar-refractivity contribution >= 4 is 27.5 Å². The maximum atomic E-state index is 12.3. The predicted octanol–water partition coefficient (Wildman–Crippen LogP) is 3.91. The molecule has 25 heavy (non-hydrogen) atoms. The number of aryl methyl sites for hydroxylation is 1. The highest BCUT2D eigenvalue weighted by Gasteiger charge is 2.18. The van der Waals surface area contributed by atoms with Crippen molar-refractivity contribution in [2.45, 2.75) is 26.4 Å². The Balaban J connectivity index is 1.58. The van der Waals surface area contributed by atoms with Gasteiger partial charge < -0.3 is 5.32 Å². The molecule has 0 fully saturated rings. The molecule has 0 bridgehead atoms. The highest BCUT2D eigenvalue weighted by molar-refractivity contribution is 7.18. The number of para-hydroxylation sites is 1. The quantitative estimate of drug-likeness (QED) is 0.731. The third-order valence-electron chi connectivity index (χ3n) is 4.46. The summed E-state index contributed by atoms with van der Waals surface area (Å²) in [5, 5.41) is 4.04. The van der Waals surface area contributed by atoms with Crippen molar-refractivity contribution in [1.82, 2.24) is 15.2 Å². The first-order valence-electron chi connectivity index (χ1n) is 8.41. The van der Waals surface area contributed by atoms with Crippen LogP contribution >= 0.6 is 11.3 Å². The average Bonchev–Trinajstić information content (AvgIpc) is 3.04. The summed E-state index contributed by atoms with van der Waals surface area (Å²) < 4.78 is 1.18. The van der Waals surface area contributed by atoms with E-state index in [4.69, 9.17) is 4.98 Å². The van der Waals surface area contributed by atoms with E-state index in [2.05, 4.69) is 31.3 Å². The molecule has 0 aliphatic rings. The number of rotatable bonds is 6. The number of thiazole rings is 1. The highest BCUT2D eigenvalue weighted by atomic mass is 32.1. The zero-order valence-corrected chi connectivity index (χ0v) is 15.6. The van der Waals surface area contributed by atoms with E-state index in [0.717, 1.165) is 16.1 Å². The van der Waals surface area contributed by atoms with E-state index in [0.29, 0.717) is 13.1 Å². The Labute approximate surface area is 152 Å². The molecular formula is C20H23N3OS. The lowest BCUT2D eigenvalue weighted by Gasteiger charge is -2.22. The number of likely N-dealkylation sites (N-methyl/N-ethyl adjacent to an activating group) is 1. The van der Waals surface area contributed by atoms with Gasteiger partial charge in [0.2, 0.25) is 5.91 Å². The van der Waals surface area contributed by atoms with Gasteiger partial charge in [-0.2, -0.15) is 0 Å². The third-order valence-corrected chi connectivity index (χ3v) is 5.67. The number of carbonyl (C=O) groups is 1. The first-order chi connectivity index (χ1) is 12.0. The Morgan fingerprint density at radius 2 is 1.92 bits per heavy atom. The van der Waals surface area contributed by atoms with Crippen molar-refractivity contribution in [3.63, 3.8) is 0 Å². The summed E-state index contributed by atoms with van der Waals surface area (Å²) in [5.74, 6) is 0.0266. The Bertz CT molecular complexity index is 841. The summed E-state index contributed by atoms with van der Waals surface area (Å²) in [5.41, 5.74) is 3.36. The third kappa shape index (κ3) is 4.24. The summed E-state index contributed by atoms with van der Waals surface area (Å²) in [6, 6.07) is 16.3. The smallest absolute Gasteiger partial charge is 0.234 e. The van der Waals surface area contributed by atoms with E-state index in [1.807, 2.05) is 48.3 Å². The zero-order chi connectivity index (χ0) is 17.8. The maximum Gasteiger partial charge on any atom is 0.234 e. The van der Waals surface area contributed by atoms with E-state index in [-0.39, 0.29) is 11.9 Å². The maximum absolute atomic E-state index is 12.3. The second kappa shape index (κ2) is 7.76. The lowest BCUT2D eigenvalue weighted by molar-refractivity contribution is -0.122. The highest BCUT2D eigenvalue weighted by Crippen LogP contribution is 2.28. The van der Waals surface area contributed by atoms with Crippen LogP contribution < -0.4 is 5.32 Å². The van der Waals surface area contributed by atoms with Gasteiger partial charge in [0.05, 0.1) is 22.8 Å². The van der Waals surface area contributed by atoms with Crippen molar-refractivity contribution in [1.29, 1.82) is 0 Å². The molecule has 4 nitrogen and oxygen atoms in total. The summed E-state index contributed by atoms with van der Waals surface area (Å²) in [4.78, 5) is 19.0. The van der Waals surface area contributed by atoms with Gasteiger partial charge >= 0.3 is 0 Å². The Morgan fingerprint density at radius 1 is 1.20 bits per heavy atom. The molecule has 0 radical (unpaired) electrons. The number of amides is 1. The minimum Gasteiger partial charge on any atom is -0.351 e. The van der Waals surface area contributed by atoms with Gasteiger partial charge in [-0.15, -0.1) is 11.3 Å². The number of hydrogen-bond donors (Lipinski definition) is 1. The van der Waals surface area contributed by atoms with E-state index in [1.165, 1.54) is 10.3 Å². The predicted molar refractivity (Wildman–Crippen MR) is 104 cm³/mol. The summed E-state index contributed by atoms with van der Waals surface area (Å²) in [7, 11) is 1.96. The van der Waals surface area contributed by atoms with Gasteiger partial charge in [-0.25, -0.2) is 4.98 Å². The molecule has 130 valence electrons. The van der Waals surface area contributed by atoms with Crippen LogP contribution in [-0.4, -0.2) is 29.4 Å². The molecule has 3 aromatic rings. The van der Waals surface area contributed by atoms with Crippen LogP contribution in [0.1, 0.15) is 29.1 Å². The number of nitrogens with one attached hydrogen (secondary N) is 1. The average molecular weight is 353 g/mol. The normalized spacial score (nSPS) is 12.5. The molecule has 2 aromatic carbocycles. The van der Waals surface area contributed by atoms with Gasteiger partial charge in [-0.1, -0.05) is 36.4 Å². The van der Waals surface area contributed by atoms with E-state index in [1.54, 1.807) is 11.3 Å². The molecular weight excluding hydrogens is 330 g/mol. The molecule has 1 N–H and O–H groups in total. The van der Waals surface area contributed by atoms with Crippen LogP contribution in [-0.2, 0) is 11.3 Å². The van der Waals surface area contributed by atoms with Crippen molar-refractivity contribution in [3.05, 3.63) is 64.7 Å². The molecule has 1 aromatic heterocycles. The van der Waals surface area contributed by atoms with Gasteiger partial charge in [0.25, 0.3) is 0 Å². The first kappa shape index (κ1) is 17.6. The number of hydrogen-bond acceptors (Lipinski definition) is 4. The van der Waals surface area contributed by atoms with Crippen LogP contribution in [0.2, 0.25) is 0 Å². The Hall–Kier alpha value is -2.24.